The fourth-order valence-corrected chi connectivity index (χ4v) is 2.02. The Morgan fingerprint density at radius 2 is 2.15 bits per heavy atom. The summed E-state index contributed by atoms with van der Waals surface area (Å²) in [7, 11) is 0. The van der Waals surface area contributed by atoms with Gasteiger partial charge in [-0.3, -0.25) is 0 Å². The van der Waals surface area contributed by atoms with E-state index >= 15 is 0 Å². The molecule has 0 saturated heterocycles. The molecular formula is C15H15N3O2. The molecule has 0 amide bonds. The quantitative estimate of drug-likeness (QED) is 0.891. The maximum Gasteiger partial charge on any atom is 0.326 e. The van der Waals surface area contributed by atoms with Crippen molar-refractivity contribution in [1.29, 1.82) is 5.26 Å². The number of rotatable bonds is 4. The highest BCUT2D eigenvalue weighted by Gasteiger charge is 2.22. The third kappa shape index (κ3) is 2.69. The zero-order valence-corrected chi connectivity index (χ0v) is 11.3. The fourth-order valence-electron chi connectivity index (χ4n) is 2.02. The van der Waals surface area contributed by atoms with Crippen LogP contribution in [0.25, 0.3) is 10.8 Å². The molecule has 0 aliphatic heterocycles. The second kappa shape index (κ2) is 5.57. The minimum absolute atomic E-state index is 0.0667. The molecule has 1 aromatic heterocycles. The first-order valence-corrected chi connectivity index (χ1v) is 6.31. The van der Waals surface area contributed by atoms with E-state index in [2.05, 4.69) is 16.4 Å². The Bertz CT molecular complexity index is 689. The van der Waals surface area contributed by atoms with Gasteiger partial charge in [0.15, 0.2) is 0 Å². The first-order valence-electron chi connectivity index (χ1n) is 6.31. The number of nitrogens with one attached hydrogen (secondary N) is 1. The number of aromatic nitrogens is 1. The summed E-state index contributed by atoms with van der Waals surface area (Å²) in [4.78, 5) is 15.5. The Kier molecular flexibility index (Phi) is 3.85. The number of carboxylic acids is 1. The van der Waals surface area contributed by atoms with Crippen molar-refractivity contribution in [3.8, 4) is 6.07 Å². The van der Waals surface area contributed by atoms with E-state index in [1.807, 2.05) is 13.8 Å². The number of hydrogen-bond acceptors (Lipinski definition) is 4. The van der Waals surface area contributed by atoms with E-state index in [0.717, 1.165) is 10.8 Å². The molecule has 102 valence electrons. The molecule has 0 aliphatic rings. The predicted octanol–water partition coefficient (Wildman–Crippen LogP) is 2.63. The van der Waals surface area contributed by atoms with Crippen LogP contribution in [0.15, 0.2) is 30.5 Å². The summed E-state index contributed by atoms with van der Waals surface area (Å²) < 4.78 is 0. The van der Waals surface area contributed by atoms with Crippen molar-refractivity contribution in [2.24, 2.45) is 5.92 Å². The van der Waals surface area contributed by atoms with Gasteiger partial charge in [0.1, 0.15) is 11.9 Å². The summed E-state index contributed by atoms with van der Waals surface area (Å²) in [6, 6.07) is 8.41. The third-order valence-corrected chi connectivity index (χ3v) is 3.12. The number of carboxylic acid groups (broad SMARTS) is 1. The van der Waals surface area contributed by atoms with Crippen molar-refractivity contribution < 1.29 is 9.90 Å². The Balaban J connectivity index is 2.45. The smallest absolute Gasteiger partial charge is 0.326 e. The van der Waals surface area contributed by atoms with Gasteiger partial charge in [0.05, 0.1) is 11.6 Å². The zero-order valence-electron chi connectivity index (χ0n) is 11.3. The van der Waals surface area contributed by atoms with Gasteiger partial charge in [-0.05, 0) is 35.6 Å². The van der Waals surface area contributed by atoms with Crippen LogP contribution in [-0.2, 0) is 4.79 Å². The first-order chi connectivity index (χ1) is 9.52. The maximum absolute atomic E-state index is 11.2. The van der Waals surface area contributed by atoms with Crippen LogP contribution >= 0.6 is 0 Å². The number of anilines is 1. The molecule has 5 nitrogen and oxygen atoms in total. The molecule has 5 heteroatoms. The number of fused-ring (bicyclic) bond motifs is 1. The van der Waals surface area contributed by atoms with Gasteiger partial charge in [0.2, 0.25) is 0 Å². The number of aliphatic carboxylic acids is 1. The van der Waals surface area contributed by atoms with Crippen molar-refractivity contribution in [3.05, 3.63) is 36.0 Å². The summed E-state index contributed by atoms with van der Waals surface area (Å²) in [5.74, 6) is -0.455. The lowest BCUT2D eigenvalue weighted by Gasteiger charge is -2.19. The first kappa shape index (κ1) is 13.8. The van der Waals surface area contributed by atoms with E-state index in [0.29, 0.717) is 11.4 Å². The van der Waals surface area contributed by atoms with E-state index in [-0.39, 0.29) is 5.92 Å². The summed E-state index contributed by atoms with van der Waals surface area (Å²) in [6.45, 7) is 3.68. The highest BCUT2D eigenvalue weighted by Crippen LogP contribution is 2.23. The van der Waals surface area contributed by atoms with Gasteiger partial charge in [-0.25, -0.2) is 9.78 Å². The van der Waals surface area contributed by atoms with Crippen LogP contribution in [0.5, 0.6) is 0 Å². The molecule has 1 unspecified atom stereocenters. The van der Waals surface area contributed by atoms with Crippen molar-refractivity contribution >= 4 is 22.6 Å². The van der Waals surface area contributed by atoms with E-state index < -0.39 is 12.0 Å². The van der Waals surface area contributed by atoms with Gasteiger partial charge in [-0.2, -0.15) is 5.26 Å². The number of benzene rings is 1. The molecule has 0 radical (unpaired) electrons. The van der Waals surface area contributed by atoms with Crippen molar-refractivity contribution in [3.63, 3.8) is 0 Å². The lowest BCUT2D eigenvalue weighted by atomic mass is 10.0. The lowest BCUT2D eigenvalue weighted by molar-refractivity contribution is -0.138. The molecule has 0 saturated carbocycles. The Morgan fingerprint density at radius 1 is 1.40 bits per heavy atom. The predicted molar refractivity (Wildman–Crippen MR) is 76.3 cm³/mol. The largest absolute Gasteiger partial charge is 0.480 e. The van der Waals surface area contributed by atoms with Gasteiger partial charge >= 0.3 is 5.97 Å². The number of hydrogen-bond donors (Lipinski definition) is 2. The number of carbonyl (C=O) groups is 1. The van der Waals surface area contributed by atoms with Gasteiger partial charge in [0.25, 0.3) is 0 Å². The molecule has 20 heavy (non-hydrogen) atoms. The molecule has 2 rings (SSSR count). The molecular weight excluding hydrogens is 254 g/mol. The highest BCUT2D eigenvalue weighted by atomic mass is 16.4. The van der Waals surface area contributed by atoms with Crippen LogP contribution in [-0.4, -0.2) is 22.1 Å². The van der Waals surface area contributed by atoms with Crippen molar-refractivity contribution in [2.75, 3.05) is 5.32 Å². The van der Waals surface area contributed by atoms with E-state index in [4.69, 9.17) is 5.26 Å². The number of pyridine rings is 1. The van der Waals surface area contributed by atoms with Gasteiger partial charge in [-0.1, -0.05) is 13.8 Å². The molecule has 2 aromatic rings. The van der Waals surface area contributed by atoms with E-state index in [1.165, 1.54) is 0 Å². The summed E-state index contributed by atoms with van der Waals surface area (Å²) >= 11 is 0. The van der Waals surface area contributed by atoms with Crippen molar-refractivity contribution in [2.45, 2.75) is 19.9 Å². The second-order valence-electron chi connectivity index (χ2n) is 4.91. The molecule has 1 atom stereocenters. The molecule has 0 bridgehead atoms. The van der Waals surface area contributed by atoms with Crippen molar-refractivity contribution in [1.82, 2.24) is 4.98 Å². The van der Waals surface area contributed by atoms with Crippen LogP contribution < -0.4 is 5.32 Å². The third-order valence-electron chi connectivity index (χ3n) is 3.12. The van der Waals surface area contributed by atoms with Crippen LogP contribution in [0.3, 0.4) is 0 Å². The van der Waals surface area contributed by atoms with Crippen LogP contribution in [0.2, 0.25) is 0 Å². The Labute approximate surface area is 116 Å². The fraction of sp³-hybridized carbons (Fsp3) is 0.267. The Hall–Kier alpha value is -2.61. The number of nitriles is 1. The summed E-state index contributed by atoms with van der Waals surface area (Å²) in [5.41, 5.74) is 0.563. The van der Waals surface area contributed by atoms with Crippen LogP contribution in [0.1, 0.15) is 19.4 Å². The standard InChI is InChI=1S/C15H15N3O2/c1-9(2)13(15(19)20)18-14-12-4-3-10(8-16)7-11(12)5-6-17-14/h3-7,9,13H,1-2H3,(H,17,18)(H,19,20). The van der Waals surface area contributed by atoms with E-state index in [1.54, 1.807) is 30.5 Å². The molecule has 0 spiro atoms. The van der Waals surface area contributed by atoms with Gasteiger partial charge in [0, 0.05) is 11.6 Å². The average Bonchev–Trinajstić information content (AvgIpc) is 2.43. The molecule has 2 N–H and O–H groups in total. The second-order valence-corrected chi connectivity index (χ2v) is 4.91. The topological polar surface area (TPSA) is 86.0 Å². The van der Waals surface area contributed by atoms with E-state index in [9.17, 15) is 9.90 Å². The van der Waals surface area contributed by atoms with Gasteiger partial charge < -0.3 is 10.4 Å². The lowest BCUT2D eigenvalue weighted by Crippen LogP contribution is -2.34. The zero-order chi connectivity index (χ0) is 14.7. The SMILES string of the molecule is CC(C)C(Nc1nccc2cc(C#N)ccc12)C(=O)O. The molecule has 1 heterocycles. The average molecular weight is 269 g/mol. The summed E-state index contributed by atoms with van der Waals surface area (Å²) in [6.07, 6.45) is 1.60. The molecule has 0 fully saturated rings. The number of nitrogens with zero attached hydrogens (tertiary/aromatic N) is 2. The maximum atomic E-state index is 11.2. The van der Waals surface area contributed by atoms with Crippen LogP contribution in [0.4, 0.5) is 5.82 Å². The van der Waals surface area contributed by atoms with Gasteiger partial charge in [-0.15, -0.1) is 0 Å². The highest BCUT2D eigenvalue weighted by molar-refractivity contribution is 5.93. The van der Waals surface area contributed by atoms with Crippen LogP contribution in [0, 0.1) is 17.2 Å². The molecule has 1 aromatic carbocycles. The monoisotopic (exact) mass is 269 g/mol. The minimum Gasteiger partial charge on any atom is -0.480 e. The molecule has 0 aliphatic carbocycles. The minimum atomic E-state index is -0.910. The normalized spacial score (nSPS) is 12.1. The summed E-state index contributed by atoms with van der Waals surface area (Å²) in [5, 5.41) is 22.7. The Morgan fingerprint density at radius 3 is 2.75 bits per heavy atom.